The molecule has 0 bridgehead atoms. The molecule has 47 heteroatoms. The first-order valence-electron chi connectivity index (χ1n) is 33.5. The Morgan fingerprint density at radius 3 is 1.48 bits per heavy atom. The summed E-state index contributed by atoms with van der Waals surface area (Å²) in [5, 5.41) is 273. The summed E-state index contributed by atoms with van der Waals surface area (Å²) in [5.74, 6) is -9.14. The van der Waals surface area contributed by atoms with Gasteiger partial charge in [-0.3, -0.25) is 19.2 Å². The Morgan fingerprint density at radius 2 is 0.925 bits per heavy atom. The van der Waals surface area contributed by atoms with Crippen molar-refractivity contribution < 1.29 is 213 Å². The van der Waals surface area contributed by atoms with Crippen molar-refractivity contribution in [3.05, 3.63) is 0 Å². The van der Waals surface area contributed by atoms with Gasteiger partial charge in [0, 0.05) is 34.1 Å². The third-order valence-electron chi connectivity index (χ3n) is 18.8. The molecule has 47 nitrogen and oxygen atoms in total. The molecule has 7 heterocycles. The van der Waals surface area contributed by atoms with E-state index < -0.39 is 334 Å². The Balaban J connectivity index is 1.21. The van der Waals surface area contributed by atoms with Gasteiger partial charge in [-0.2, -0.15) is 0 Å². The van der Waals surface area contributed by atoms with E-state index in [0.29, 0.717) is 0 Å². The predicted octanol–water partition coefficient (Wildman–Crippen LogP) is -18.0. The number of rotatable bonds is 32. The van der Waals surface area contributed by atoms with Crippen LogP contribution in [0.25, 0.3) is 0 Å². The highest BCUT2D eigenvalue weighted by Gasteiger charge is 2.62. The zero-order valence-electron chi connectivity index (χ0n) is 57.4. The molecule has 7 aliphatic rings. The minimum atomic E-state index is -3.27. The van der Waals surface area contributed by atoms with Gasteiger partial charge in [0.15, 0.2) is 37.7 Å². The van der Waals surface area contributed by atoms with Gasteiger partial charge in [-0.1, -0.05) is 0 Å². The number of aliphatic hydroxyl groups is 23. The molecule has 0 aliphatic carbocycles. The van der Waals surface area contributed by atoms with Crippen LogP contribution in [-0.4, -0.2) is 450 Å². The molecule has 0 aromatic carbocycles. The Hall–Kier alpha value is -4.13. The van der Waals surface area contributed by atoms with Gasteiger partial charge in [0.2, 0.25) is 23.6 Å². The number of hydrogen-bond acceptors (Lipinski definition) is 42. The van der Waals surface area contributed by atoms with Crippen molar-refractivity contribution in [1.29, 1.82) is 0 Å². The molecular formula is C59H100N4O43. The van der Waals surface area contributed by atoms with Crippen LogP contribution in [0.15, 0.2) is 0 Å². The molecule has 0 saturated carbocycles. The third kappa shape index (κ3) is 20.2. The van der Waals surface area contributed by atoms with Crippen molar-refractivity contribution >= 4 is 29.6 Å². The van der Waals surface area contributed by atoms with Crippen LogP contribution in [0.3, 0.4) is 0 Å². The van der Waals surface area contributed by atoms with Gasteiger partial charge in [-0.15, -0.1) is 0 Å². The van der Waals surface area contributed by atoms with Crippen molar-refractivity contribution in [2.75, 3.05) is 52.9 Å². The van der Waals surface area contributed by atoms with Gasteiger partial charge in [0.1, 0.15) is 177 Å². The Morgan fingerprint density at radius 1 is 0.443 bits per heavy atom. The monoisotopic (exact) mass is 1550 g/mol. The van der Waals surface area contributed by atoms with Crippen molar-refractivity contribution in [2.45, 2.75) is 286 Å². The lowest BCUT2D eigenvalue weighted by Gasteiger charge is -2.51. The average Bonchev–Trinajstić information content (AvgIpc) is 0.752. The first kappa shape index (κ1) is 89.1. The molecule has 40 atom stereocenters. The van der Waals surface area contributed by atoms with E-state index in [1.54, 1.807) is 0 Å². The maximum atomic E-state index is 13.2. The molecule has 0 aromatic heterocycles. The molecule has 28 N–H and O–H groups in total. The summed E-state index contributed by atoms with van der Waals surface area (Å²) in [6, 6.07) is -7.47. The predicted molar refractivity (Wildman–Crippen MR) is 329 cm³/mol. The zero-order chi connectivity index (χ0) is 79.0. The molecular weight excluding hydrogens is 1450 g/mol. The van der Waals surface area contributed by atoms with Gasteiger partial charge >= 0.3 is 5.97 Å². The molecule has 7 fully saturated rings. The number of aliphatic hydroxyl groups excluding tert-OH is 23. The Bertz CT molecular complexity index is 2800. The molecule has 0 radical (unpaired) electrons. The SMILES string of the molecule is CC(=O)N[C@H]1[C@H](OC[C@H]2O[C@@H](O[C@@H]([C@@H](O)[C@H](O)CO)[C@H](CO)NC(C)=O)[C@H](O)[C@@H](O[C@@H]3O[C@H](CO)[C@@H](O)[C@H](O[C@@H]4O[C@H](CO)[C@H](O)[C@H](O)[C@H]4O[C@@H]4O[C@@H](C)[C@@H](O)[C@@H](O)[C@@H]4O)[C@H]3NC(C)=O)[C@H]2O)O[C@H](CO)[C@@H](O[C@@H]2O[C@H](CO)[C@H](O)[C@H](O[C@]3(C(=O)O)C[C@H](O)[C@@H](NC(C)=O)[C@H]([C@H](O)[C@H](O)CO)O3)[C@H]2O)[C@@H]1O. The number of carbonyl (C=O) groups is 5. The van der Waals surface area contributed by atoms with Crippen LogP contribution in [0.1, 0.15) is 41.0 Å². The Kier molecular flexibility index (Phi) is 32.7. The van der Waals surface area contributed by atoms with Crippen LogP contribution in [0.5, 0.6) is 0 Å². The van der Waals surface area contributed by atoms with E-state index in [1.165, 1.54) is 6.92 Å². The second-order valence-corrected chi connectivity index (χ2v) is 26.5. The number of ether oxygens (including phenoxy) is 14. The maximum Gasteiger partial charge on any atom is 0.364 e. The number of amides is 4. The fourth-order valence-corrected chi connectivity index (χ4v) is 13.2. The molecule has 4 amide bonds. The van der Waals surface area contributed by atoms with Crippen molar-refractivity contribution in [2.24, 2.45) is 0 Å². The first-order chi connectivity index (χ1) is 49.9. The number of hydrogen-bond donors (Lipinski definition) is 28. The van der Waals surface area contributed by atoms with Crippen LogP contribution >= 0.6 is 0 Å². The summed E-state index contributed by atoms with van der Waals surface area (Å²) in [4.78, 5) is 64.0. The van der Waals surface area contributed by atoms with E-state index in [9.17, 15) is 147 Å². The zero-order valence-corrected chi connectivity index (χ0v) is 57.4. The van der Waals surface area contributed by atoms with Crippen molar-refractivity contribution in [3.63, 3.8) is 0 Å². The Labute approximate surface area is 601 Å². The standard InChI is InChI=1S/C59H100N4O43/c1-15-32(78)40(86)42(88)54(94-15)104-51-41(87)35(81)24(10-67)97-57(51)102-47-31(63-19(5)74)53(95-25(11-68)36(47)82)103-49-38(84)28(99-55(43(49)89)100-45(33(79)22(76)8-65)20(7-64)60-16(2)71)14-93-52-30(62-18(4)73)39(85)46(27(13-70)98-52)101-56-44(90)50(37(83)26(12-69)96-56)106-59(58(91)92)6-21(75)29(61-17(3)72)48(105-59)34(80)23(77)9-66/h15,20-57,64-70,75-90H,6-14H2,1-5H3,(H,60,71)(H,61,72)(H,62,73)(H,63,74)(H,91,92)/t15-,20-,21-,22+,23+,24+,25+,26+,27+,28+,29+,30+,31+,32+,33-,34+,35-,36+,37-,38-,39+,40+,41-,42-,43+,44+,45+,46+,47+,48+,49-,50-,51+,52+,53-,54-,55-,56-,57-,59-/m0/s1. The highest BCUT2D eigenvalue weighted by molar-refractivity contribution is 5.77. The van der Waals surface area contributed by atoms with Gasteiger partial charge in [0.25, 0.3) is 5.79 Å². The van der Waals surface area contributed by atoms with E-state index in [4.69, 9.17) is 66.3 Å². The van der Waals surface area contributed by atoms with Crippen LogP contribution in [0.2, 0.25) is 0 Å². The van der Waals surface area contributed by atoms with Crippen LogP contribution < -0.4 is 21.3 Å². The van der Waals surface area contributed by atoms with E-state index in [2.05, 4.69) is 21.3 Å². The van der Waals surface area contributed by atoms with Crippen molar-refractivity contribution in [1.82, 2.24) is 21.3 Å². The van der Waals surface area contributed by atoms with E-state index in [1.807, 2.05) is 0 Å². The van der Waals surface area contributed by atoms with Crippen LogP contribution in [0, 0.1) is 0 Å². The summed E-state index contributed by atoms with van der Waals surface area (Å²) in [6.07, 6.45) is -75.6. The normalized spacial score (nSPS) is 44.1. The van der Waals surface area contributed by atoms with Gasteiger partial charge < -0.3 is 210 Å². The molecule has 614 valence electrons. The lowest BCUT2D eigenvalue weighted by molar-refractivity contribution is -0.389. The molecule has 7 rings (SSSR count). The first-order valence-corrected chi connectivity index (χ1v) is 33.5. The van der Waals surface area contributed by atoms with Crippen LogP contribution in [-0.2, 0) is 90.3 Å². The highest BCUT2D eigenvalue weighted by Crippen LogP contribution is 2.41. The number of carbonyl (C=O) groups excluding carboxylic acids is 4. The topological polar surface area (TPSA) is 748 Å². The minimum absolute atomic E-state index is 0.863. The smallest absolute Gasteiger partial charge is 0.364 e. The van der Waals surface area contributed by atoms with Crippen LogP contribution in [0.4, 0.5) is 0 Å². The molecule has 0 spiro atoms. The number of carboxylic acid groups (broad SMARTS) is 1. The lowest BCUT2D eigenvalue weighted by Crippen LogP contribution is -2.71. The van der Waals surface area contributed by atoms with E-state index in [-0.39, 0.29) is 0 Å². The quantitative estimate of drug-likeness (QED) is 0.0297. The second-order valence-electron chi connectivity index (χ2n) is 26.5. The molecule has 7 aliphatic heterocycles. The average molecular weight is 1550 g/mol. The largest absolute Gasteiger partial charge is 0.477 e. The summed E-state index contributed by atoms with van der Waals surface area (Å²) in [5.41, 5.74) is 0. The number of aliphatic carboxylic acids is 1. The van der Waals surface area contributed by atoms with Gasteiger partial charge in [0.05, 0.1) is 77.1 Å². The van der Waals surface area contributed by atoms with E-state index in [0.717, 1.165) is 27.7 Å². The summed E-state index contributed by atoms with van der Waals surface area (Å²) in [6.45, 7) is -4.32. The fraction of sp³-hybridized carbons (Fsp3) is 0.915. The maximum absolute atomic E-state index is 13.2. The van der Waals surface area contributed by atoms with Gasteiger partial charge in [-0.05, 0) is 6.92 Å². The summed E-state index contributed by atoms with van der Waals surface area (Å²) < 4.78 is 82.4. The second kappa shape index (κ2) is 38.9. The number of carboxylic acids is 1. The summed E-state index contributed by atoms with van der Waals surface area (Å²) in [7, 11) is 0. The lowest BCUT2D eigenvalue weighted by atomic mass is 9.88. The number of nitrogens with one attached hydrogen (secondary N) is 4. The van der Waals surface area contributed by atoms with Crippen molar-refractivity contribution in [3.8, 4) is 0 Å². The molecule has 7 saturated heterocycles. The summed E-state index contributed by atoms with van der Waals surface area (Å²) >= 11 is 0. The molecule has 0 aromatic rings. The third-order valence-corrected chi connectivity index (χ3v) is 18.8. The minimum Gasteiger partial charge on any atom is -0.477 e. The van der Waals surface area contributed by atoms with E-state index >= 15 is 0 Å². The van der Waals surface area contributed by atoms with Gasteiger partial charge in [-0.25, -0.2) is 4.79 Å². The molecule has 106 heavy (non-hydrogen) atoms. The highest BCUT2D eigenvalue weighted by atomic mass is 16.8. The fourth-order valence-electron chi connectivity index (χ4n) is 13.2. The molecule has 0 unspecified atom stereocenters.